The molecular weight excluding hydrogens is 389 g/mol. The summed E-state index contributed by atoms with van der Waals surface area (Å²) in [5.41, 5.74) is 5.78. The third-order valence-electron chi connectivity index (χ3n) is 4.72. The molecule has 2 aromatic rings. The highest BCUT2D eigenvalue weighted by molar-refractivity contribution is 7.44. The van der Waals surface area contributed by atoms with Gasteiger partial charge in [-0.05, 0) is 29.7 Å². The standard InChI is InChI=1S/C22H28NO5P/c1-3-18(22(24)25)16-29(26)13-12-21(27-2)19-10-7-11-20(14-19)23-28-15-17-8-5-4-6-9-17/h4-11,14,18,21,23H,3,12-13,15-16H2,1-2H3/p+1. The van der Waals surface area contributed by atoms with Gasteiger partial charge in [0.2, 0.25) is 0 Å². The van der Waals surface area contributed by atoms with Crippen molar-refractivity contribution in [3.05, 3.63) is 65.7 Å². The van der Waals surface area contributed by atoms with Crippen molar-refractivity contribution in [3.8, 4) is 0 Å². The molecule has 0 bridgehead atoms. The van der Waals surface area contributed by atoms with Crippen molar-refractivity contribution in [1.29, 1.82) is 0 Å². The summed E-state index contributed by atoms with van der Waals surface area (Å²) in [5, 5.41) is 9.13. The van der Waals surface area contributed by atoms with Crippen molar-refractivity contribution >= 4 is 19.5 Å². The molecule has 0 saturated carbocycles. The largest absolute Gasteiger partial charge is 0.481 e. The average Bonchev–Trinajstić information content (AvgIpc) is 2.73. The molecule has 2 N–H and O–H groups in total. The Bertz CT molecular complexity index is 784. The minimum absolute atomic E-state index is 0.213. The van der Waals surface area contributed by atoms with Gasteiger partial charge in [0.25, 0.3) is 0 Å². The van der Waals surface area contributed by atoms with Crippen LogP contribution in [0.1, 0.15) is 37.0 Å². The Labute approximate surface area is 173 Å². The number of hydrogen-bond acceptors (Lipinski definition) is 5. The highest BCUT2D eigenvalue weighted by Gasteiger charge is 2.28. The molecule has 0 heterocycles. The highest BCUT2D eigenvalue weighted by atomic mass is 31.1. The molecule has 156 valence electrons. The molecule has 6 nitrogen and oxygen atoms in total. The van der Waals surface area contributed by atoms with E-state index in [0.717, 1.165) is 16.8 Å². The summed E-state index contributed by atoms with van der Waals surface area (Å²) < 4.78 is 17.9. The molecule has 0 radical (unpaired) electrons. The van der Waals surface area contributed by atoms with Crippen molar-refractivity contribution in [1.82, 2.24) is 0 Å². The minimum Gasteiger partial charge on any atom is -0.481 e. The van der Waals surface area contributed by atoms with Gasteiger partial charge in [-0.3, -0.25) is 15.1 Å². The lowest BCUT2D eigenvalue weighted by Crippen LogP contribution is -2.15. The number of carboxylic acid groups (broad SMARTS) is 1. The Kier molecular flexibility index (Phi) is 9.78. The topological polar surface area (TPSA) is 84.9 Å². The number of nitrogens with one attached hydrogen (secondary N) is 1. The molecule has 2 rings (SSSR count). The minimum atomic E-state index is -1.58. The summed E-state index contributed by atoms with van der Waals surface area (Å²) in [4.78, 5) is 16.7. The predicted molar refractivity (Wildman–Crippen MR) is 114 cm³/mol. The molecule has 0 aliphatic heterocycles. The third kappa shape index (κ3) is 7.94. The maximum atomic E-state index is 12.3. The number of hydrogen-bond donors (Lipinski definition) is 2. The van der Waals surface area contributed by atoms with Crippen LogP contribution >= 0.6 is 7.80 Å². The fourth-order valence-corrected chi connectivity index (χ4v) is 4.59. The number of benzene rings is 2. The summed E-state index contributed by atoms with van der Waals surface area (Å²) in [7, 11) is 0.0401. The number of methoxy groups -OCH3 is 1. The van der Waals surface area contributed by atoms with Crippen molar-refractivity contribution in [3.63, 3.8) is 0 Å². The molecule has 0 aromatic heterocycles. The molecular formula is C22H29NO5P+. The van der Waals surface area contributed by atoms with Crippen molar-refractivity contribution in [2.45, 2.75) is 32.5 Å². The van der Waals surface area contributed by atoms with E-state index in [1.807, 2.05) is 54.6 Å². The first-order valence-corrected chi connectivity index (χ1v) is 11.4. The summed E-state index contributed by atoms with van der Waals surface area (Å²) in [6.45, 7) is 2.25. The van der Waals surface area contributed by atoms with E-state index in [1.54, 1.807) is 14.0 Å². The second-order valence-electron chi connectivity index (χ2n) is 6.85. The van der Waals surface area contributed by atoms with E-state index >= 15 is 0 Å². The number of rotatable bonds is 13. The van der Waals surface area contributed by atoms with Crippen LogP contribution in [0.2, 0.25) is 0 Å². The maximum Gasteiger partial charge on any atom is 0.339 e. The van der Waals surface area contributed by atoms with Crippen LogP contribution in [0.4, 0.5) is 5.69 Å². The second kappa shape index (κ2) is 12.3. The molecule has 0 aliphatic carbocycles. The smallest absolute Gasteiger partial charge is 0.339 e. The Morgan fingerprint density at radius 3 is 2.59 bits per heavy atom. The normalized spacial score (nSPS) is 13.5. The monoisotopic (exact) mass is 418 g/mol. The lowest BCUT2D eigenvalue weighted by molar-refractivity contribution is -0.141. The molecule has 3 atom stereocenters. The number of ether oxygens (including phenoxy) is 1. The molecule has 0 spiro atoms. The molecule has 0 amide bonds. The number of carbonyl (C=O) groups is 1. The van der Waals surface area contributed by atoms with Gasteiger partial charge in [0.1, 0.15) is 12.1 Å². The van der Waals surface area contributed by atoms with Crippen LogP contribution in [-0.4, -0.2) is 30.5 Å². The number of aliphatic carboxylic acids is 1. The second-order valence-corrected chi connectivity index (χ2v) is 8.62. The van der Waals surface area contributed by atoms with Crippen molar-refractivity contribution in [2.75, 3.05) is 24.9 Å². The Hall–Kier alpha value is -2.27. The van der Waals surface area contributed by atoms with E-state index < -0.39 is 19.7 Å². The van der Waals surface area contributed by atoms with E-state index in [9.17, 15) is 9.36 Å². The quantitative estimate of drug-likeness (QED) is 0.342. The molecule has 0 aliphatic rings. The van der Waals surface area contributed by atoms with Gasteiger partial charge in [-0.25, -0.2) is 0 Å². The average molecular weight is 418 g/mol. The van der Waals surface area contributed by atoms with E-state index in [1.165, 1.54) is 0 Å². The lowest BCUT2D eigenvalue weighted by atomic mass is 10.1. The SMILES string of the molecule is CCC(C[P+](=O)CCC(OC)c1cccc(NOCc2ccccc2)c1)C(=O)O. The van der Waals surface area contributed by atoms with Gasteiger partial charge in [-0.2, -0.15) is 0 Å². The molecule has 7 heteroatoms. The fraction of sp³-hybridized carbons (Fsp3) is 0.409. The molecule has 2 aromatic carbocycles. The van der Waals surface area contributed by atoms with Gasteiger partial charge < -0.3 is 9.84 Å². The lowest BCUT2D eigenvalue weighted by Gasteiger charge is -2.15. The van der Waals surface area contributed by atoms with Crippen LogP contribution in [0.5, 0.6) is 0 Å². The summed E-state index contributed by atoms with van der Waals surface area (Å²) in [6.07, 6.45) is 1.48. The van der Waals surface area contributed by atoms with Crippen molar-refractivity contribution < 1.29 is 24.0 Å². The van der Waals surface area contributed by atoms with Crippen LogP contribution < -0.4 is 5.48 Å². The first kappa shape index (κ1) is 23.0. The maximum absolute atomic E-state index is 12.3. The van der Waals surface area contributed by atoms with Gasteiger partial charge in [-0.1, -0.05) is 54.0 Å². The van der Waals surface area contributed by atoms with Crippen LogP contribution in [-0.2, 0) is 25.5 Å². The molecule has 3 unspecified atom stereocenters. The summed E-state index contributed by atoms with van der Waals surface area (Å²) in [5.74, 6) is -1.43. The first-order valence-electron chi connectivity index (χ1n) is 9.72. The zero-order valence-corrected chi connectivity index (χ0v) is 17.8. The summed E-state index contributed by atoms with van der Waals surface area (Å²) in [6, 6.07) is 17.6. The zero-order chi connectivity index (χ0) is 21.1. The van der Waals surface area contributed by atoms with E-state index in [0.29, 0.717) is 25.6 Å². The number of carboxylic acids is 1. The van der Waals surface area contributed by atoms with E-state index in [4.69, 9.17) is 14.7 Å². The van der Waals surface area contributed by atoms with E-state index in [-0.39, 0.29) is 12.3 Å². The van der Waals surface area contributed by atoms with Gasteiger partial charge in [0.15, 0.2) is 6.16 Å². The third-order valence-corrected chi connectivity index (χ3v) is 6.33. The Balaban J connectivity index is 1.87. The molecule has 0 fully saturated rings. The predicted octanol–water partition coefficient (Wildman–Crippen LogP) is 5.25. The van der Waals surface area contributed by atoms with Gasteiger partial charge in [0.05, 0.1) is 18.4 Å². The van der Waals surface area contributed by atoms with Crippen LogP contribution in [0, 0.1) is 5.92 Å². The van der Waals surface area contributed by atoms with Crippen molar-refractivity contribution in [2.24, 2.45) is 5.92 Å². The first-order chi connectivity index (χ1) is 14.0. The summed E-state index contributed by atoms with van der Waals surface area (Å²) >= 11 is 0. The van der Waals surface area contributed by atoms with Crippen LogP contribution in [0.25, 0.3) is 0 Å². The Morgan fingerprint density at radius 2 is 1.93 bits per heavy atom. The molecule has 29 heavy (non-hydrogen) atoms. The number of anilines is 1. The highest BCUT2D eigenvalue weighted by Crippen LogP contribution is 2.32. The Morgan fingerprint density at radius 1 is 1.17 bits per heavy atom. The van der Waals surface area contributed by atoms with Gasteiger partial charge >= 0.3 is 13.8 Å². The van der Waals surface area contributed by atoms with Crippen LogP contribution in [0.3, 0.4) is 0 Å². The van der Waals surface area contributed by atoms with Crippen LogP contribution in [0.15, 0.2) is 54.6 Å². The molecule has 0 saturated heterocycles. The van der Waals surface area contributed by atoms with E-state index in [2.05, 4.69) is 5.48 Å². The van der Waals surface area contributed by atoms with Gasteiger partial charge in [0, 0.05) is 13.5 Å². The fourth-order valence-electron chi connectivity index (χ4n) is 2.98. The van der Waals surface area contributed by atoms with Gasteiger partial charge in [-0.15, -0.1) is 0 Å². The zero-order valence-electron chi connectivity index (χ0n) is 16.9.